The first-order valence-corrected chi connectivity index (χ1v) is 9.91. The van der Waals surface area contributed by atoms with E-state index in [9.17, 15) is 14.0 Å². The monoisotopic (exact) mass is 401 g/mol. The quantitative estimate of drug-likeness (QED) is 0.706. The molecule has 2 aromatic carbocycles. The van der Waals surface area contributed by atoms with E-state index in [1.54, 1.807) is 35.4 Å². The number of hydrogen-bond donors (Lipinski definition) is 1. The van der Waals surface area contributed by atoms with Gasteiger partial charge in [0, 0.05) is 24.1 Å². The van der Waals surface area contributed by atoms with E-state index in [4.69, 9.17) is 0 Å². The minimum Gasteiger partial charge on any atom is -0.330 e. The summed E-state index contributed by atoms with van der Waals surface area (Å²) in [5.41, 5.74) is 2.75. The number of rotatable bonds is 2. The van der Waals surface area contributed by atoms with Crippen LogP contribution in [0.15, 0.2) is 66.9 Å². The number of amides is 2. The molecule has 5 rings (SSSR count). The van der Waals surface area contributed by atoms with E-state index in [2.05, 4.69) is 10.3 Å². The average molecular weight is 401 g/mol. The predicted octanol–water partition coefficient (Wildman–Crippen LogP) is 4.01. The van der Waals surface area contributed by atoms with Crippen LogP contribution in [0.1, 0.15) is 39.6 Å². The highest BCUT2D eigenvalue weighted by Gasteiger charge is 2.59. The molecule has 1 spiro atoms. The van der Waals surface area contributed by atoms with Gasteiger partial charge >= 0.3 is 0 Å². The Balaban J connectivity index is 1.66. The van der Waals surface area contributed by atoms with Crippen LogP contribution < -0.4 is 5.32 Å². The van der Waals surface area contributed by atoms with E-state index in [0.717, 1.165) is 22.5 Å². The molecule has 0 radical (unpaired) electrons. The van der Waals surface area contributed by atoms with Crippen LogP contribution in [0.25, 0.3) is 0 Å². The number of benzene rings is 2. The maximum absolute atomic E-state index is 13.6. The Morgan fingerprint density at radius 1 is 1.13 bits per heavy atom. The van der Waals surface area contributed by atoms with Crippen molar-refractivity contribution < 1.29 is 14.0 Å². The Kier molecular flexibility index (Phi) is 4.17. The standard InChI is InChI=1S/C24H20FN3O2/c1-15-6-7-17(14-26-15)22(29)28-13-12-24(21(28)16-8-10-18(25)11-9-16)19-4-2-3-5-20(19)27-23(24)30/h2-11,14,21H,12-13H2,1H3,(H,27,30)/t21-,24+/m0/s1. The Labute approximate surface area is 173 Å². The number of carbonyl (C=O) groups is 2. The number of pyridine rings is 1. The van der Waals surface area contributed by atoms with Gasteiger partial charge in [0.05, 0.1) is 11.6 Å². The largest absolute Gasteiger partial charge is 0.330 e. The molecule has 0 aliphatic carbocycles. The van der Waals surface area contributed by atoms with Crippen molar-refractivity contribution in [2.75, 3.05) is 11.9 Å². The maximum Gasteiger partial charge on any atom is 0.255 e. The van der Waals surface area contributed by atoms with Gasteiger partial charge in [0.2, 0.25) is 5.91 Å². The van der Waals surface area contributed by atoms with Crippen LogP contribution in [0.4, 0.5) is 10.1 Å². The van der Waals surface area contributed by atoms with Crippen LogP contribution in [0.2, 0.25) is 0 Å². The van der Waals surface area contributed by atoms with Gasteiger partial charge in [-0.1, -0.05) is 30.3 Å². The number of nitrogens with one attached hydrogen (secondary N) is 1. The lowest BCUT2D eigenvalue weighted by atomic mass is 9.72. The lowest BCUT2D eigenvalue weighted by Crippen LogP contribution is -2.42. The lowest BCUT2D eigenvalue weighted by Gasteiger charge is -2.34. The first kappa shape index (κ1) is 18.5. The van der Waals surface area contributed by atoms with Crippen LogP contribution in [-0.2, 0) is 10.2 Å². The summed E-state index contributed by atoms with van der Waals surface area (Å²) >= 11 is 0. The van der Waals surface area contributed by atoms with Crippen LogP contribution >= 0.6 is 0 Å². The van der Waals surface area contributed by atoms with Crippen molar-refractivity contribution in [3.05, 3.63) is 95.1 Å². The van der Waals surface area contributed by atoms with Gasteiger partial charge in [-0.25, -0.2) is 4.39 Å². The zero-order chi connectivity index (χ0) is 20.9. The second-order valence-corrected chi connectivity index (χ2v) is 7.86. The average Bonchev–Trinajstić information content (AvgIpc) is 3.28. The first-order valence-electron chi connectivity index (χ1n) is 9.91. The maximum atomic E-state index is 13.6. The van der Waals surface area contributed by atoms with Crippen molar-refractivity contribution in [1.82, 2.24) is 9.88 Å². The third-order valence-electron chi connectivity index (χ3n) is 6.19. The van der Waals surface area contributed by atoms with E-state index in [-0.39, 0.29) is 17.6 Å². The van der Waals surface area contributed by atoms with Crippen molar-refractivity contribution >= 4 is 17.5 Å². The normalized spacial score (nSPS) is 22.3. The number of halogens is 1. The Bertz CT molecular complexity index is 1140. The number of para-hydroxylation sites is 1. The first-order chi connectivity index (χ1) is 14.5. The molecule has 1 N–H and O–H groups in total. The van der Waals surface area contributed by atoms with Gasteiger partial charge in [-0.2, -0.15) is 0 Å². The highest BCUT2D eigenvalue weighted by Crippen LogP contribution is 2.54. The molecular formula is C24H20FN3O2. The van der Waals surface area contributed by atoms with Gasteiger partial charge in [-0.3, -0.25) is 14.6 Å². The van der Waals surface area contributed by atoms with Gasteiger partial charge in [0.25, 0.3) is 5.91 Å². The molecule has 30 heavy (non-hydrogen) atoms. The van der Waals surface area contributed by atoms with Crippen molar-refractivity contribution in [3.63, 3.8) is 0 Å². The molecular weight excluding hydrogens is 381 g/mol. The smallest absolute Gasteiger partial charge is 0.255 e. The summed E-state index contributed by atoms with van der Waals surface area (Å²) in [7, 11) is 0. The fourth-order valence-corrected chi connectivity index (χ4v) is 4.77. The molecule has 2 amide bonds. The van der Waals surface area contributed by atoms with Crippen LogP contribution in [-0.4, -0.2) is 28.2 Å². The van der Waals surface area contributed by atoms with Gasteiger partial charge in [0.15, 0.2) is 0 Å². The van der Waals surface area contributed by atoms with Crippen molar-refractivity contribution in [2.24, 2.45) is 0 Å². The predicted molar refractivity (Wildman–Crippen MR) is 111 cm³/mol. The minimum absolute atomic E-state index is 0.129. The van der Waals surface area contributed by atoms with Gasteiger partial charge in [-0.05, 0) is 54.8 Å². The fourth-order valence-electron chi connectivity index (χ4n) is 4.77. The molecule has 150 valence electrons. The van der Waals surface area contributed by atoms with Crippen LogP contribution in [0, 0.1) is 12.7 Å². The summed E-state index contributed by atoms with van der Waals surface area (Å²) in [6, 6.07) is 16.6. The second kappa shape index (κ2) is 6.76. The highest BCUT2D eigenvalue weighted by atomic mass is 19.1. The van der Waals surface area contributed by atoms with E-state index in [0.29, 0.717) is 18.5 Å². The zero-order valence-corrected chi connectivity index (χ0v) is 16.4. The molecule has 3 heterocycles. The SMILES string of the molecule is Cc1ccc(C(=O)N2CC[C@]3(C(=O)Nc4ccccc43)[C@@H]2c2ccc(F)cc2)cn1. The molecule has 0 bridgehead atoms. The fraction of sp³-hybridized carbons (Fsp3) is 0.208. The number of hydrogen-bond acceptors (Lipinski definition) is 3. The Morgan fingerprint density at radius 3 is 2.63 bits per heavy atom. The van der Waals surface area contributed by atoms with Gasteiger partial charge < -0.3 is 10.2 Å². The molecule has 2 aliphatic rings. The summed E-state index contributed by atoms with van der Waals surface area (Å²) < 4.78 is 13.6. The zero-order valence-electron chi connectivity index (χ0n) is 16.4. The number of aromatic nitrogens is 1. The summed E-state index contributed by atoms with van der Waals surface area (Å²) in [5, 5.41) is 2.98. The third kappa shape index (κ3) is 2.64. The summed E-state index contributed by atoms with van der Waals surface area (Å²) in [4.78, 5) is 32.7. The molecule has 0 saturated carbocycles. The van der Waals surface area contributed by atoms with Crippen molar-refractivity contribution in [1.29, 1.82) is 0 Å². The molecule has 1 aromatic heterocycles. The Hall–Kier alpha value is -3.54. The molecule has 5 nitrogen and oxygen atoms in total. The van der Waals surface area contributed by atoms with E-state index < -0.39 is 11.5 Å². The number of likely N-dealkylation sites (tertiary alicyclic amines) is 1. The minimum atomic E-state index is -0.914. The second-order valence-electron chi connectivity index (χ2n) is 7.86. The van der Waals surface area contributed by atoms with Crippen LogP contribution in [0.5, 0.6) is 0 Å². The summed E-state index contributed by atoms with van der Waals surface area (Å²) in [6.45, 7) is 2.27. The van der Waals surface area contributed by atoms with E-state index in [1.807, 2.05) is 31.2 Å². The van der Waals surface area contributed by atoms with Crippen LogP contribution in [0.3, 0.4) is 0 Å². The van der Waals surface area contributed by atoms with E-state index in [1.165, 1.54) is 12.1 Å². The molecule has 1 fully saturated rings. The molecule has 2 atom stereocenters. The number of aryl methyl sites for hydroxylation is 1. The number of carbonyl (C=O) groups excluding carboxylic acids is 2. The van der Waals surface area contributed by atoms with E-state index >= 15 is 0 Å². The molecule has 3 aromatic rings. The molecule has 0 unspecified atom stereocenters. The lowest BCUT2D eigenvalue weighted by molar-refractivity contribution is -0.121. The van der Waals surface area contributed by atoms with Gasteiger partial charge in [0.1, 0.15) is 11.2 Å². The van der Waals surface area contributed by atoms with Crippen molar-refractivity contribution in [2.45, 2.75) is 24.8 Å². The molecule has 2 aliphatic heterocycles. The Morgan fingerprint density at radius 2 is 1.90 bits per heavy atom. The highest BCUT2D eigenvalue weighted by molar-refractivity contribution is 6.08. The third-order valence-corrected chi connectivity index (χ3v) is 6.19. The number of fused-ring (bicyclic) bond motifs is 2. The summed E-state index contributed by atoms with van der Waals surface area (Å²) in [5.74, 6) is -0.677. The molecule has 6 heteroatoms. The number of nitrogens with zero attached hydrogens (tertiary/aromatic N) is 2. The number of anilines is 1. The summed E-state index contributed by atoms with van der Waals surface area (Å²) in [6.07, 6.45) is 2.05. The molecule has 1 saturated heterocycles. The topological polar surface area (TPSA) is 62.3 Å². The van der Waals surface area contributed by atoms with Crippen molar-refractivity contribution in [3.8, 4) is 0 Å². The van der Waals surface area contributed by atoms with Gasteiger partial charge in [-0.15, -0.1) is 0 Å².